The van der Waals surface area contributed by atoms with E-state index in [2.05, 4.69) is 22.0 Å². The lowest BCUT2D eigenvalue weighted by Crippen LogP contribution is -2.15. The number of hydrogen-bond acceptors (Lipinski definition) is 3. The average molecular weight is 239 g/mol. The summed E-state index contributed by atoms with van der Waals surface area (Å²) < 4.78 is 0. The monoisotopic (exact) mass is 238 g/mol. The summed E-state index contributed by atoms with van der Waals surface area (Å²) in [5.74, 6) is 0. The van der Waals surface area contributed by atoms with E-state index in [0.717, 1.165) is 11.7 Å². The Balaban J connectivity index is 2.07. The van der Waals surface area contributed by atoms with E-state index < -0.39 is 0 Å². The fraction of sp³-hybridized carbons (Fsp3) is 0.182. The van der Waals surface area contributed by atoms with Crippen molar-refractivity contribution in [1.29, 1.82) is 0 Å². The largest absolute Gasteiger partial charge is 0.347 e. The Morgan fingerprint density at radius 3 is 2.67 bits per heavy atom. The van der Waals surface area contributed by atoms with Crippen LogP contribution in [-0.4, -0.2) is 12.0 Å². The first-order chi connectivity index (χ1) is 7.25. The molecule has 0 aliphatic carbocycles. The summed E-state index contributed by atoms with van der Waals surface area (Å²) in [5.41, 5.74) is 1.27. The van der Waals surface area contributed by atoms with Crippen LogP contribution < -0.4 is 4.90 Å². The zero-order valence-corrected chi connectivity index (χ0v) is 9.92. The molecule has 1 aromatic heterocycles. The summed E-state index contributed by atoms with van der Waals surface area (Å²) in [6.07, 6.45) is 0. The van der Waals surface area contributed by atoms with E-state index >= 15 is 0 Å². The second-order valence-corrected chi connectivity index (χ2v) is 4.52. The molecule has 0 spiro atoms. The van der Waals surface area contributed by atoms with Gasteiger partial charge in [-0.1, -0.05) is 41.9 Å². The quantitative estimate of drug-likeness (QED) is 0.815. The highest BCUT2D eigenvalue weighted by atomic mass is 35.5. The van der Waals surface area contributed by atoms with Crippen LogP contribution in [0, 0.1) is 0 Å². The van der Waals surface area contributed by atoms with Gasteiger partial charge in [0, 0.05) is 19.0 Å². The number of rotatable bonds is 3. The molecule has 0 saturated carbocycles. The van der Waals surface area contributed by atoms with Gasteiger partial charge in [-0.3, -0.25) is 0 Å². The molecule has 2 aromatic rings. The summed E-state index contributed by atoms with van der Waals surface area (Å²) in [6.45, 7) is 0.852. The summed E-state index contributed by atoms with van der Waals surface area (Å²) in [4.78, 5) is 6.31. The highest BCUT2D eigenvalue weighted by Crippen LogP contribution is 2.23. The van der Waals surface area contributed by atoms with Crippen molar-refractivity contribution in [2.24, 2.45) is 0 Å². The molecular formula is C11H11ClN2S. The molecular weight excluding hydrogens is 228 g/mol. The van der Waals surface area contributed by atoms with E-state index in [1.807, 2.05) is 30.6 Å². The van der Waals surface area contributed by atoms with E-state index in [4.69, 9.17) is 11.6 Å². The molecule has 0 amide bonds. The number of benzene rings is 1. The second kappa shape index (κ2) is 4.64. The average Bonchev–Trinajstić information content (AvgIpc) is 2.66. The van der Waals surface area contributed by atoms with E-state index in [9.17, 15) is 0 Å². The van der Waals surface area contributed by atoms with Crippen LogP contribution >= 0.6 is 22.9 Å². The number of aromatic nitrogens is 1. The van der Waals surface area contributed by atoms with E-state index in [0.29, 0.717) is 5.15 Å². The van der Waals surface area contributed by atoms with Crippen molar-refractivity contribution in [3.8, 4) is 0 Å². The zero-order chi connectivity index (χ0) is 10.7. The van der Waals surface area contributed by atoms with Crippen molar-refractivity contribution < 1.29 is 0 Å². The van der Waals surface area contributed by atoms with Crippen molar-refractivity contribution in [3.63, 3.8) is 0 Å². The van der Waals surface area contributed by atoms with Crippen molar-refractivity contribution in [3.05, 3.63) is 46.4 Å². The summed E-state index contributed by atoms with van der Waals surface area (Å²) >= 11 is 7.34. The van der Waals surface area contributed by atoms with Crippen LogP contribution in [0.1, 0.15) is 5.56 Å². The third-order valence-electron chi connectivity index (χ3n) is 2.05. The Kier molecular flexibility index (Phi) is 3.23. The van der Waals surface area contributed by atoms with E-state index in [1.165, 1.54) is 5.56 Å². The molecule has 0 radical (unpaired) electrons. The minimum atomic E-state index is 0.565. The van der Waals surface area contributed by atoms with Crippen molar-refractivity contribution in [1.82, 2.24) is 4.98 Å². The predicted octanol–water partition coefficient (Wildman–Crippen LogP) is 3.43. The molecule has 0 atom stereocenters. The molecule has 2 rings (SSSR count). The smallest absolute Gasteiger partial charge is 0.186 e. The lowest BCUT2D eigenvalue weighted by atomic mass is 10.2. The number of nitrogens with zero attached hydrogens (tertiary/aromatic N) is 2. The molecule has 0 fully saturated rings. The molecule has 1 heterocycles. The number of anilines is 1. The normalized spacial score (nSPS) is 10.3. The maximum absolute atomic E-state index is 5.78. The first-order valence-electron chi connectivity index (χ1n) is 4.62. The standard InChI is InChI=1S/C11H11ClN2S/c1-14(11-13-10(12)8-15-11)7-9-5-3-2-4-6-9/h2-6,8H,7H2,1H3. The third-order valence-corrected chi connectivity index (χ3v) is 3.33. The number of thiazole rings is 1. The fourth-order valence-corrected chi connectivity index (χ4v) is 2.26. The number of hydrogen-bond donors (Lipinski definition) is 0. The van der Waals surface area contributed by atoms with Gasteiger partial charge in [0.15, 0.2) is 5.13 Å². The van der Waals surface area contributed by atoms with Gasteiger partial charge in [0.2, 0.25) is 0 Å². The maximum atomic E-state index is 5.78. The SMILES string of the molecule is CN(Cc1ccccc1)c1nc(Cl)cs1. The Hall–Kier alpha value is -1.06. The summed E-state index contributed by atoms with van der Waals surface area (Å²) in [5, 5.41) is 3.36. The highest BCUT2D eigenvalue weighted by molar-refractivity contribution is 7.14. The van der Waals surface area contributed by atoms with Gasteiger partial charge in [-0.15, -0.1) is 11.3 Å². The minimum absolute atomic E-state index is 0.565. The highest BCUT2D eigenvalue weighted by Gasteiger charge is 2.05. The van der Waals surface area contributed by atoms with Gasteiger partial charge in [-0.2, -0.15) is 0 Å². The van der Waals surface area contributed by atoms with Gasteiger partial charge in [-0.05, 0) is 5.56 Å². The molecule has 15 heavy (non-hydrogen) atoms. The van der Waals surface area contributed by atoms with Crippen LogP contribution in [0.3, 0.4) is 0 Å². The van der Waals surface area contributed by atoms with Crippen LogP contribution in [0.5, 0.6) is 0 Å². The van der Waals surface area contributed by atoms with Gasteiger partial charge >= 0.3 is 0 Å². The Labute approximate surface area is 98.1 Å². The zero-order valence-electron chi connectivity index (χ0n) is 8.35. The number of halogens is 1. The van der Waals surface area contributed by atoms with Gasteiger partial charge in [0.25, 0.3) is 0 Å². The molecule has 1 aromatic carbocycles. The summed E-state index contributed by atoms with van der Waals surface area (Å²) in [7, 11) is 2.02. The first-order valence-corrected chi connectivity index (χ1v) is 5.87. The molecule has 0 bridgehead atoms. The molecule has 0 aliphatic heterocycles. The van der Waals surface area contributed by atoms with Gasteiger partial charge in [-0.25, -0.2) is 4.98 Å². The van der Waals surface area contributed by atoms with Crippen LogP contribution in [-0.2, 0) is 6.54 Å². The molecule has 0 saturated heterocycles. The van der Waals surface area contributed by atoms with Gasteiger partial charge in [0.05, 0.1) is 0 Å². The lowest BCUT2D eigenvalue weighted by Gasteiger charge is -2.15. The van der Waals surface area contributed by atoms with Crippen molar-refractivity contribution in [2.45, 2.75) is 6.54 Å². The predicted molar refractivity (Wildman–Crippen MR) is 65.7 cm³/mol. The van der Waals surface area contributed by atoms with Crippen LogP contribution in [0.4, 0.5) is 5.13 Å². The maximum Gasteiger partial charge on any atom is 0.186 e. The molecule has 0 aliphatic rings. The fourth-order valence-electron chi connectivity index (χ4n) is 1.35. The van der Waals surface area contributed by atoms with Crippen molar-refractivity contribution >= 4 is 28.1 Å². The lowest BCUT2D eigenvalue weighted by molar-refractivity contribution is 0.915. The third kappa shape index (κ3) is 2.70. The molecule has 2 nitrogen and oxygen atoms in total. The van der Waals surface area contributed by atoms with Crippen molar-refractivity contribution in [2.75, 3.05) is 11.9 Å². The van der Waals surface area contributed by atoms with E-state index in [1.54, 1.807) is 11.3 Å². The first kappa shape index (κ1) is 10.5. The summed E-state index contributed by atoms with van der Waals surface area (Å²) in [6, 6.07) is 10.3. The Morgan fingerprint density at radius 1 is 1.33 bits per heavy atom. The van der Waals surface area contributed by atoms with Gasteiger partial charge < -0.3 is 4.90 Å². The van der Waals surface area contributed by atoms with Crippen LogP contribution in [0.2, 0.25) is 5.15 Å². The molecule has 4 heteroatoms. The van der Waals surface area contributed by atoms with E-state index in [-0.39, 0.29) is 0 Å². The van der Waals surface area contributed by atoms with Crippen LogP contribution in [0.25, 0.3) is 0 Å². The molecule has 0 N–H and O–H groups in total. The Morgan fingerprint density at radius 2 is 2.07 bits per heavy atom. The Bertz CT molecular complexity index is 427. The molecule has 0 unspecified atom stereocenters. The molecule has 78 valence electrons. The van der Waals surface area contributed by atoms with Gasteiger partial charge in [0.1, 0.15) is 5.15 Å². The topological polar surface area (TPSA) is 16.1 Å². The minimum Gasteiger partial charge on any atom is -0.347 e. The second-order valence-electron chi connectivity index (χ2n) is 3.29. The van der Waals surface area contributed by atoms with Crippen LogP contribution in [0.15, 0.2) is 35.7 Å².